The summed E-state index contributed by atoms with van der Waals surface area (Å²) in [5.74, 6) is -1.01. The van der Waals surface area contributed by atoms with E-state index in [-0.39, 0.29) is 36.7 Å². The van der Waals surface area contributed by atoms with Crippen molar-refractivity contribution in [3.63, 3.8) is 0 Å². The molecule has 2 atom stereocenters. The molecule has 0 bridgehead atoms. The predicted octanol–water partition coefficient (Wildman–Crippen LogP) is 1.43. The zero-order chi connectivity index (χ0) is 20.1. The van der Waals surface area contributed by atoms with Gasteiger partial charge in [-0.3, -0.25) is 19.3 Å². The van der Waals surface area contributed by atoms with Gasteiger partial charge in [0.25, 0.3) is 0 Å². The number of carbonyl (C=O) groups excluding carboxylic acids is 2. The Balaban J connectivity index is 1.54. The maximum absolute atomic E-state index is 13.0. The summed E-state index contributed by atoms with van der Waals surface area (Å²) in [5, 5.41) is 8.98. The van der Waals surface area contributed by atoms with Gasteiger partial charge in [0.15, 0.2) is 0 Å². The molecule has 0 aliphatic carbocycles. The molecular weight excluding hydrogens is 358 g/mol. The van der Waals surface area contributed by atoms with Crippen LogP contribution in [0.1, 0.15) is 31.2 Å². The van der Waals surface area contributed by atoms with Gasteiger partial charge in [0.2, 0.25) is 11.8 Å². The molecule has 2 aliphatic heterocycles. The van der Waals surface area contributed by atoms with Gasteiger partial charge in [-0.05, 0) is 31.9 Å². The molecule has 28 heavy (non-hydrogen) atoms. The molecular formula is C21H29N3O4. The molecule has 1 aromatic rings. The second-order valence-electron chi connectivity index (χ2n) is 7.88. The number of carboxylic acids is 1. The smallest absolute Gasteiger partial charge is 0.317 e. The number of amides is 2. The van der Waals surface area contributed by atoms with E-state index in [0.29, 0.717) is 26.2 Å². The quantitative estimate of drug-likeness (QED) is 0.799. The topological polar surface area (TPSA) is 81.2 Å². The van der Waals surface area contributed by atoms with Crippen LogP contribution in [0.5, 0.6) is 0 Å². The van der Waals surface area contributed by atoms with Crippen molar-refractivity contribution in [3.05, 3.63) is 35.9 Å². The second-order valence-corrected chi connectivity index (χ2v) is 7.88. The third-order valence-corrected chi connectivity index (χ3v) is 5.80. The zero-order valence-electron chi connectivity index (χ0n) is 16.4. The van der Waals surface area contributed by atoms with E-state index in [0.717, 1.165) is 24.8 Å². The van der Waals surface area contributed by atoms with Gasteiger partial charge in [-0.15, -0.1) is 0 Å². The Morgan fingerprint density at radius 2 is 1.93 bits per heavy atom. The molecule has 7 heteroatoms. The first-order valence-electron chi connectivity index (χ1n) is 9.96. The number of hydrogen-bond donors (Lipinski definition) is 1. The van der Waals surface area contributed by atoms with Crippen LogP contribution < -0.4 is 0 Å². The van der Waals surface area contributed by atoms with Gasteiger partial charge in [0.05, 0.1) is 12.5 Å². The Hall–Kier alpha value is -2.41. The lowest BCUT2D eigenvalue weighted by Crippen LogP contribution is -2.39. The molecule has 2 unspecified atom stereocenters. The summed E-state index contributed by atoms with van der Waals surface area (Å²) in [4.78, 5) is 41.8. The van der Waals surface area contributed by atoms with E-state index in [4.69, 9.17) is 5.11 Å². The number of likely N-dealkylation sites (tertiary alicyclic amines) is 2. The number of rotatable bonds is 6. The van der Waals surface area contributed by atoms with Crippen molar-refractivity contribution in [2.45, 2.75) is 38.3 Å². The van der Waals surface area contributed by atoms with Gasteiger partial charge >= 0.3 is 5.97 Å². The number of aliphatic carboxylic acids is 1. The number of hydrogen-bond acceptors (Lipinski definition) is 4. The zero-order valence-corrected chi connectivity index (χ0v) is 16.4. The molecule has 2 amide bonds. The number of nitrogens with zero attached hydrogens (tertiary/aromatic N) is 3. The van der Waals surface area contributed by atoms with Gasteiger partial charge in [-0.1, -0.05) is 30.3 Å². The summed E-state index contributed by atoms with van der Waals surface area (Å²) < 4.78 is 0. The minimum absolute atomic E-state index is 0.0180. The molecule has 1 N–H and O–H groups in total. The Morgan fingerprint density at radius 3 is 2.64 bits per heavy atom. The maximum atomic E-state index is 13.0. The minimum Gasteiger partial charge on any atom is -0.480 e. The minimum atomic E-state index is -0.831. The summed E-state index contributed by atoms with van der Waals surface area (Å²) in [5.41, 5.74) is 1.07. The van der Waals surface area contributed by atoms with Crippen LogP contribution in [-0.2, 0) is 20.9 Å². The molecule has 0 radical (unpaired) electrons. The van der Waals surface area contributed by atoms with Gasteiger partial charge in [0, 0.05) is 38.6 Å². The van der Waals surface area contributed by atoms with Crippen molar-refractivity contribution in [1.29, 1.82) is 0 Å². The average Bonchev–Trinajstić information content (AvgIpc) is 2.88. The Labute approximate surface area is 165 Å². The Morgan fingerprint density at radius 1 is 1.18 bits per heavy atom. The number of carboxylic acid groups (broad SMARTS) is 1. The van der Waals surface area contributed by atoms with E-state index in [1.54, 1.807) is 4.90 Å². The lowest BCUT2D eigenvalue weighted by molar-refractivity contribution is -0.139. The number of benzene rings is 1. The van der Waals surface area contributed by atoms with Crippen LogP contribution in [0.3, 0.4) is 0 Å². The highest BCUT2D eigenvalue weighted by atomic mass is 16.4. The van der Waals surface area contributed by atoms with Crippen LogP contribution in [-0.4, -0.2) is 76.9 Å². The monoisotopic (exact) mass is 387 g/mol. The summed E-state index contributed by atoms with van der Waals surface area (Å²) in [7, 11) is 1.83. The highest BCUT2D eigenvalue weighted by Crippen LogP contribution is 2.24. The van der Waals surface area contributed by atoms with Crippen molar-refractivity contribution < 1.29 is 19.5 Å². The molecule has 7 nitrogen and oxygen atoms in total. The molecule has 0 aromatic heterocycles. The van der Waals surface area contributed by atoms with Crippen LogP contribution in [0.15, 0.2) is 30.3 Å². The first-order valence-corrected chi connectivity index (χ1v) is 9.96. The van der Waals surface area contributed by atoms with Gasteiger partial charge < -0.3 is 14.9 Å². The Bertz CT molecular complexity index is 709. The van der Waals surface area contributed by atoms with Crippen LogP contribution in [0, 0.1) is 5.92 Å². The van der Waals surface area contributed by atoms with Crippen molar-refractivity contribution in [2.24, 2.45) is 5.92 Å². The molecule has 2 saturated heterocycles. The molecule has 0 saturated carbocycles. The highest BCUT2D eigenvalue weighted by molar-refractivity contribution is 5.89. The van der Waals surface area contributed by atoms with E-state index < -0.39 is 5.97 Å². The largest absolute Gasteiger partial charge is 0.480 e. The van der Waals surface area contributed by atoms with Crippen LogP contribution in [0.2, 0.25) is 0 Å². The van der Waals surface area contributed by atoms with Crippen LogP contribution in [0.25, 0.3) is 0 Å². The summed E-state index contributed by atoms with van der Waals surface area (Å²) in [6, 6.07) is 10.0. The first-order chi connectivity index (χ1) is 13.4. The summed E-state index contributed by atoms with van der Waals surface area (Å²) in [6.45, 7) is 2.34. The first kappa shape index (κ1) is 20.3. The lowest BCUT2D eigenvalue weighted by atomic mass is 10.1. The second kappa shape index (κ2) is 9.19. The molecule has 3 rings (SSSR count). The summed E-state index contributed by atoms with van der Waals surface area (Å²) in [6.07, 6.45) is 2.79. The van der Waals surface area contributed by atoms with Gasteiger partial charge in [-0.2, -0.15) is 0 Å². The molecule has 0 spiro atoms. The normalized spacial score (nSPS) is 23.1. The Kier molecular flexibility index (Phi) is 6.67. The fourth-order valence-corrected chi connectivity index (χ4v) is 4.23. The SMILES string of the molecule is CN(CC(=O)O)C1CCCN(C(=O)C2CC(=O)N(Cc3ccccc3)C2)CC1. The van der Waals surface area contributed by atoms with Crippen molar-refractivity contribution in [3.8, 4) is 0 Å². The summed E-state index contributed by atoms with van der Waals surface area (Å²) >= 11 is 0. The predicted molar refractivity (Wildman–Crippen MR) is 104 cm³/mol. The van der Waals surface area contributed by atoms with E-state index >= 15 is 0 Å². The van der Waals surface area contributed by atoms with Gasteiger partial charge in [0.1, 0.15) is 0 Å². The van der Waals surface area contributed by atoms with Crippen molar-refractivity contribution in [2.75, 3.05) is 33.2 Å². The number of carbonyl (C=O) groups is 3. The molecule has 2 fully saturated rings. The molecule has 2 aliphatic rings. The van der Waals surface area contributed by atoms with E-state index in [2.05, 4.69) is 0 Å². The van der Waals surface area contributed by atoms with E-state index in [1.165, 1.54) is 0 Å². The highest BCUT2D eigenvalue weighted by Gasteiger charge is 2.37. The third-order valence-electron chi connectivity index (χ3n) is 5.80. The van der Waals surface area contributed by atoms with Crippen LogP contribution >= 0.6 is 0 Å². The van der Waals surface area contributed by atoms with Gasteiger partial charge in [-0.25, -0.2) is 0 Å². The molecule has 2 heterocycles. The van der Waals surface area contributed by atoms with E-state index in [1.807, 2.05) is 47.2 Å². The maximum Gasteiger partial charge on any atom is 0.317 e. The third kappa shape index (κ3) is 5.10. The molecule has 152 valence electrons. The van der Waals surface area contributed by atoms with Crippen molar-refractivity contribution >= 4 is 17.8 Å². The van der Waals surface area contributed by atoms with E-state index in [9.17, 15) is 14.4 Å². The average molecular weight is 387 g/mol. The standard InChI is InChI=1S/C21H29N3O4/c1-22(15-20(26)27)18-8-5-10-23(11-9-18)21(28)17-12-19(25)24(14-17)13-16-6-3-2-4-7-16/h2-4,6-7,17-18H,5,8-15H2,1H3,(H,26,27). The molecule has 1 aromatic carbocycles. The van der Waals surface area contributed by atoms with Crippen LogP contribution in [0.4, 0.5) is 0 Å². The fraction of sp³-hybridized carbons (Fsp3) is 0.571. The van der Waals surface area contributed by atoms with Crippen molar-refractivity contribution in [1.82, 2.24) is 14.7 Å². The number of likely N-dealkylation sites (N-methyl/N-ethyl adjacent to an activating group) is 1. The fourth-order valence-electron chi connectivity index (χ4n) is 4.23. The lowest BCUT2D eigenvalue weighted by Gasteiger charge is -2.26.